The van der Waals surface area contributed by atoms with Crippen LogP contribution in [0, 0.1) is 5.92 Å². The summed E-state index contributed by atoms with van der Waals surface area (Å²) in [5.41, 5.74) is 5.25. The Bertz CT molecular complexity index is 426. The van der Waals surface area contributed by atoms with Crippen LogP contribution in [-0.4, -0.2) is 30.0 Å². The monoisotopic (exact) mass is 255 g/mol. The minimum Gasteiger partial charge on any atom is -0.381 e. The molecule has 0 saturated carbocycles. The maximum absolute atomic E-state index is 11.8. The molecule has 0 atom stereocenters. The van der Waals surface area contributed by atoms with Crippen molar-refractivity contribution in [3.8, 4) is 0 Å². The maximum Gasteiger partial charge on any atom is 0.268 e. The minimum absolute atomic E-state index is 0.0373. The molecule has 1 aliphatic rings. The van der Waals surface area contributed by atoms with Crippen LogP contribution in [0.3, 0.4) is 0 Å². The number of anilines is 1. The fourth-order valence-corrected chi connectivity index (χ4v) is 2.31. The lowest BCUT2D eigenvalue weighted by molar-refractivity contribution is -0.122. The average Bonchev–Trinajstić information content (AvgIpc) is 2.79. The highest BCUT2D eigenvalue weighted by molar-refractivity contribution is 7.14. The number of carbonyl (C=O) groups is 2. The summed E-state index contributed by atoms with van der Waals surface area (Å²) in [6, 6.07) is 0. The lowest BCUT2D eigenvalue weighted by Crippen LogP contribution is -2.28. The first-order chi connectivity index (χ1) is 8.16. The standard InChI is InChI=1S/C10H13N3O3S/c11-8(14)7-5-17-10(12-7)13-9(15)6-1-3-16-4-2-6/h5-6H,1-4H2,(H2,11,14)(H,12,13,15). The molecule has 92 valence electrons. The predicted molar refractivity (Wildman–Crippen MR) is 62.8 cm³/mol. The Morgan fingerprint density at radius 2 is 2.18 bits per heavy atom. The second-order valence-electron chi connectivity index (χ2n) is 3.78. The normalized spacial score (nSPS) is 16.7. The van der Waals surface area contributed by atoms with E-state index in [4.69, 9.17) is 10.5 Å². The van der Waals surface area contributed by atoms with Crippen LogP contribution < -0.4 is 11.1 Å². The van der Waals surface area contributed by atoms with Crippen LogP contribution in [0.5, 0.6) is 0 Å². The second-order valence-corrected chi connectivity index (χ2v) is 4.64. The van der Waals surface area contributed by atoms with Crippen LogP contribution in [0.25, 0.3) is 0 Å². The maximum atomic E-state index is 11.8. The Balaban J connectivity index is 1.94. The highest BCUT2D eigenvalue weighted by atomic mass is 32.1. The summed E-state index contributed by atoms with van der Waals surface area (Å²) in [5, 5.41) is 4.63. The highest BCUT2D eigenvalue weighted by Gasteiger charge is 2.22. The number of aromatic nitrogens is 1. The van der Waals surface area contributed by atoms with Crippen LogP contribution >= 0.6 is 11.3 Å². The average molecular weight is 255 g/mol. The summed E-state index contributed by atoms with van der Waals surface area (Å²) in [7, 11) is 0. The van der Waals surface area contributed by atoms with E-state index in [2.05, 4.69) is 10.3 Å². The van der Waals surface area contributed by atoms with Crippen molar-refractivity contribution < 1.29 is 14.3 Å². The topological polar surface area (TPSA) is 94.3 Å². The summed E-state index contributed by atoms with van der Waals surface area (Å²) >= 11 is 1.20. The van der Waals surface area contributed by atoms with Gasteiger partial charge in [0.25, 0.3) is 5.91 Å². The van der Waals surface area contributed by atoms with E-state index < -0.39 is 5.91 Å². The highest BCUT2D eigenvalue weighted by Crippen LogP contribution is 2.20. The Hall–Kier alpha value is -1.47. The van der Waals surface area contributed by atoms with Gasteiger partial charge in [-0.3, -0.25) is 9.59 Å². The van der Waals surface area contributed by atoms with Gasteiger partial charge >= 0.3 is 0 Å². The molecule has 1 fully saturated rings. The van der Waals surface area contributed by atoms with Crippen LogP contribution in [0.15, 0.2) is 5.38 Å². The quantitative estimate of drug-likeness (QED) is 0.827. The molecular weight excluding hydrogens is 242 g/mol. The molecule has 1 aliphatic heterocycles. The lowest BCUT2D eigenvalue weighted by Gasteiger charge is -2.20. The van der Waals surface area contributed by atoms with E-state index in [1.165, 1.54) is 16.7 Å². The molecule has 0 aliphatic carbocycles. The van der Waals surface area contributed by atoms with Gasteiger partial charge in [0.15, 0.2) is 5.13 Å². The van der Waals surface area contributed by atoms with Crippen molar-refractivity contribution in [1.29, 1.82) is 0 Å². The Morgan fingerprint density at radius 1 is 1.47 bits per heavy atom. The van der Waals surface area contributed by atoms with Gasteiger partial charge in [-0.2, -0.15) is 0 Å². The molecule has 2 rings (SSSR count). The van der Waals surface area contributed by atoms with Crippen molar-refractivity contribution in [3.63, 3.8) is 0 Å². The molecule has 1 aromatic rings. The Kier molecular flexibility index (Phi) is 3.70. The molecule has 6 nitrogen and oxygen atoms in total. The van der Waals surface area contributed by atoms with E-state index >= 15 is 0 Å². The van der Waals surface area contributed by atoms with E-state index in [1.807, 2.05) is 0 Å². The molecule has 0 aromatic carbocycles. The summed E-state index contributed by atoms with van der Waals surface area (Å²) in [4.78, 5) is 26.6. The first-order valence-electron chi connectivity index (χ1n) is 5.31. The summed E-state index contributed by atoms with van der Waals surface area (Å²) in [6.45, 7) is 1.23. The van der Waals surface area contributed by atoms with E-state index in [0.717, 1.165) is 12.8 Å². The molecule has 7 heteroatoms. The molecule has 2 amide bonds. The number of rotatable bonds is 3. The van der Waals surface area contributed by atoms with E-state index in [1.54, 1.807) is 0 Å². The molecular formula is C10H13N3O3S. The number of ether oxygens (including phenoxy) is 1. The number of nitrogens with one attached hydrogen (secondary N) is 1. The first-order valence-corrected chi connectivity index (χ1v) is 6.18. The Morgan fingerprint density at radius 3 is 2.76 bits per heavy atom. The van der Waals surface area contributed by atoms with E-state index in [-0.39, 0.29) is 17.5 Å². The van der Waals surface area contributed by atoms with Crippen LogP contribution in [0.1, 0.15) is 23.3 Å². The van der Waals surface area contributed by atoms with Crippen LogP contribution in [0.4, 0.5) is 5.13 Å². The number of hydrogen-bond acceptors (Lipinski definition) is 5. The van der Waals surface area contributed by atoms with Crippen LogP contribution in [0.2, 0.25) is 0 Å². The van der Waals surface area contributed by atoms with Crippen molar-refractivity contribution in [2.75, 3.05) is 18.5 Å². The van der Waals surface area contributed by atoms with Gasteiger partial charge in [-0.25, -0.2) is 4.98 Å². The van der Waals surface area contributed by atoms with Gasteiger partial charge in [-0.05, 0) is 12.8 Å². The van der Waals surface area contributed by atoms with Crippen molar-refractivity contribution in [1.82, 2.24) is 4.98 Å². The first kappa shape index (κ1) is 12.0. The number of nitrogens with zero attached hydrogens (tertiary/aromatic N) is 1. The van der Waals surface area contributed by atoms with Gasteiger partial charge in [-0.15, -0.1) is 11.3 Å². The Labute approximate surface area is 102 Å². The van der Waals surface area contributed by atoms with Gasteiger partial charge < -0.3 is 15.8 Å². The predicted octanol–water partition coefficient (Wildman–Crippen LogP) is 0.607. The zero-order valence-corrected chi connectivity index (χ0v) is 9.96. The number of thiazole rings is 1. The molecule has 1 saturated heterocycles. The zero-order valence-electron chi connectivity index (χ0n) is 9.14. The number of primary amides is 1. The number of nitrogens with two attached hydrogens (primary N) is 1. The van der Waals surface area contributed by atoms with Crippen LogP contribution in [-0.2, 0) is 9.53 Å². The number of carbonyl (C=O) groups excluding carboxylic acids is 2. The smallest absolute Gasteiger partial charge is 0.268 e. The van der Waals surface area contributed by atoms with E-state index in [9.17, 15) is 9.59 Å². The third-order valence-corrected chi connectivity index (χ3v) is 3.34. The van der Waals surface area contributed by atoms with Gasteiger partial charge in [0.05, 0.1) is 0 Å². The molecule has 0 spiro atoms. The van der Waals surface area contributed by atoms with Crippen molar-refractivity contribution in [2.45, 2.75) is 12.8 Å². The zero-order chi connectivity index (χ0) is 12.3. The molecule has 0 bridgehead atoms. The number of hydrogen-bond donors (Lipinski definition) is 2. The van der Waals surface area contributed by atoms with E-state index in [0.29, 0.717) is 18.3 Å². The van der Waals surface area contributed by atoms with Gasteiger partial charge in [0.1, 0.15) is 5.69 Å². The van der Waals surface area contributed by atoms with Crippen molar-refractivity contribution >= 4 is 28.3 Å². The minimum atomic E-state index is -0.590. The molecule has 1 aromatic heterocycles. The summed E-state index contributed by atoms with van der Waals surface area (Å²) in [5.74, 6) is -0.698. The van der Waals surface area contributed by atoms with Gasteiger partial charge in [0.2, 0.25) is 5.91 Å². The lowest BCUT2D eigenvalue weighted by atomic mass is 10.00. The SMILES string of the molecule is NC(=O)c1csc(NC(=O)C2CCOCC2)n1. The molecule has 0 radical (unpaired) electrons. The fourth-order valence-electron chi connectivity index (χ4n) is 1.61. The molecule has 17 heavy (non-hydrogen) atoms. The summed E-state index contributed by atoms with van der Waals surface area (Å²) < 4.78 is 5.18. The summed E-state index contributed by atoms with van der Waals surface area (Å²) in [6.07, 6.45) is 1.44. The van der Waals surface area contributed by atoms with Gasteiger partial charge in [0, 0.05) is 24.5 Å². The molecule has 2 heterocycles. The van der Waals surface area contributed by atoms with Gasteiger partial charge in [-0.1, -0.05) is 0 Å². The number of amides is 2. The van der Waals surface area contributed by atoms with Crippen molar-refractivity contribution in [3.05, 3.63) is 11.1 Å². The van der Waals surface area contributed by atoms with Crippen molar-refractivity contribution in [2.24, 2.45) is 11.7 Å². The molecule has 3 N–H and O–H groups in total. The fraction of sp³-hybridized carbons (Fsp3) is 0.500. The largest absolute Gasteiger partial charge is 0.381 e. The second kappa shape index (κ2) is 5.24. The third kappa shape index (κ3) is 3.01. The molecule has 0 unspecified atom stereocenters. The third-order valence-electron chi connectivity index (χ3n) is 2.58.